The Balaban J connectivity index is 1.59. The topological polar surface area (TPSA) is 91.3 Å². The second kappa shape index (κ2) is 15.2. The highest BCUT2D eigenvalue weighted by Gasteiger charge is 2.40. The van der Waals surface area contributed by atoms with E-state index in [1.54, 1.807) is 12.1 Å². The van der Waals surface area contributed by atoms with Gasteiger partial charge < -0.3 is 4.52 Å². The summed E-state index contributed by atoms with van der Waals surface area (Å²) in [5.74, 6) is 0.195. The molecule has 0 saturated heterocycles. The van der Waals surface area contributed by atoms with Crippen LogP contribution in [0.25, 0.3) is 22.3 Å². The Morgan fingerprint density at radius 3 is 1.76 bits per heavy atom. The second-order valence-electron chi connectivity index (χ2n) is 9.51. The maximum atomic E-state index is 13.4. The van der Waals surface area contributed by atoms with E-state index in [2.05, 4.69) is 13.8 Å². The molecule has 0 aromatic heterocycles. The number of hydrogen-bond donors (Lipinski definition) is 1. The van der Waals surface area contributed by atoms with Gasteiger partial charge in [0, 0.05) is 5.56 Å². The van der Waals surface area contributed by atoms with Crippen molar-refractivity contribution in [1.29, 1.82) is 0 Å². The molecule has 1 atom stereocenters. The molecule has 0 bridgehead atoms. The van der Waals surface area contributed by atoms with Gasteiger partial charge >= 0.3 is 15.6 Å². The van der Waals surface area contributed by atoms with Crippen molar-refractivity contribution in [3.63, 3.8) is 0 Å². The molecule has 1 N–H and O–H groups in total. The lowest BCUT2D eigenvalue weighted by molar-refractivity contribution is 0.137. The Hall–Kier alpha value is -1.46. The summed E-state index contributed by atoms with van der Waals surface area (Å²) >= 11 is 0. The van der Waals surface area contributed by atoms with Crippen LogP contribution in [0, 0.1) is 0 Å². The van der Waals surface area contributed by atoms with Crippen molar-refractivity contribution in [2.45, 2.75) is 90.9 Å². The van der Waals surface area contributed by atoms with Gasteiger partial charge in [-0.1, -0.05) is 114 Å². The highest BCUT2D eigenvalue weighted by Crippen LogP contribution is 2.64. The summed E-state index contributed by atoms with van der Waals surface area (Å²) in [6.45, 7) is 4.56. The third-order valence-corrected chi connectivity index (χ3v) is 9.47. The monoisotopic (exact) mass is 552 g/mol. The number of fused-ring (bicyclic) bond motifs is 4. The lowest BCUT2D eigenvalue weighted by Gasteiger charge is -2.27. The molecule has 7 nitrogen and oxygen atoms in total. The van der Waals surface area contributed by atoms with Crippen molar-refractivity contribution in [1.82, 2.24) is 0 Å². The van der Waals surface area contributed by atoms with Gasteiger partial charge in [0.25, 0.3) is 0 Å². The molecule has 206 valence electrons. The number of hydrogen-bond acceptors (Lipinski definition) is 6. The minimum Gasteiger partial charge on any atom is -0.403 e. The molecule has 2 aromatic rings. The van der Waals surface area contributed by atoms with Gasteiger partial charge in [0.05, 0.1) is 13.2 Å². The van der Waals surface area contributed by atoms with Crippen molar-refractivity contribution < 1.29 is 31.9 Å². The van der Waals surface area contributed by atoms with Crippen molar-refractivity contribution in [2.24, 2.45) is 0 Å². The summed E-state index contributed by atoms with van der Waals surface area (Å²) in [7, 11) is -9.13. The van der Waals surface area contributed by atoms with Gasteiger partial charge in [0.2, 0.25) is 0 Å². The molecule has 0 fully saturated rings. The molecule has 1 aliphatic carbocycles. The fourth-order valence-corrected chi connectivity index (χ4v) is 7.15. The number of unbranched alkanes of at least 4 members (excludes halogenated alkanes) is 10. The first kappa shape index (κ1) is 30.1. The Bertz CT molecular complexity index is 1050. The smallest absolute Gasteiger partial charge is 0.403 e. The summed E-state index contributed by atoms with van der Waals surface area (Å²) in [5, 5.41) is 0. The predicted octanol–water partition coefficient (Wildman–Crippen LogP) is 9.69. The van der Waals surface area contributed by atoms with Gasteiger partial charge in [-0.05, 0) is 35.6 Å². The van der Waals surface area contributed by atoms with E-state index < -0.39 is 15.6 Å². The fraction of sp³-hybridized carbons (Fsp3) is 0.571. The normalized spacial score (nSPS) is 13.9. The Kier molecular flexibility index (Phi) is 12.4. The zero-order chi connectivity index (χ0) is 26.6. The molecule has 0 heterocycles. The van der Waals surface area contributed by atoms with Crippen LogP contribution in [0.3, 0.4) is 0 Å². The Labute approximate surface area is 222 Å². The SMILES string of the molecule is CCCCCCCCOP(=O)(OCCCCCCCC)OP(=O)(O)Oc1cccc2c1-c1ccccc1-2. The van der Waals surface area contributed by atoms with Crippen LogP contribution in [0.2, 0.25) is 0 Å². The lowest BCUT2D eigenvalue weighted by atomic mass is 9.80. The van der Waals surface area contributed by atoms with E-state index in [0.29, 0.717) is 12.8 Å². The van der Waals surface area contributed by atoms with E-state index in [1.165, 1.54) is 12.8 Å². The van der Waals surface area contributed by atoms with E-state index >= 15 is 0 Å². The summed E-state index contributed by atoms with van der Waals surface area (Å²) in [5.41, 5.74) is 3.63. The first-order chi connectivity index (χ1) is 17.9. The van der Waals surface area contributed by atoms with Crippen LogP contribution in [0.1, 0.15) is 90.9 Å². The van der Waals surface area contributed by atoms with Crippen LogP contribution in [0.4, 0.5) is 0 Å². The average molecular weight is 553 g/mol. The molecule has 0 amide bonds. The summed E-state index contributed by atoms with van der Waals surface area (Å²) in [6.07, 6.45) is 12.3. The Morgan fingerprint density at radius 1 is 0.649 bits per heavy atom. The molecular formula is C28H42O7P2. The van der Waals surface area contributed by atoms with Crippen molar-refractivity contribution >= 4 is 15.6 Å². The number of rotatable bonds is 20. The number of benzene rings is 2. The molecular weight excluding hydrogens is 510 g/mol. The van der Waals surface area contributed by atoms with Gasteiger partial charge in [-0.3, -0.25) is 13.9 Å². The van der Waals surface area contributed by atoms with Crippen LogP contribution >= 0.6 is 15.6 Å². The molecule has 1 aliphatic rings. The number of phosphoric acid groups is 2. The summed E-state index contributed by atoms with van der Waals surface area (Å²) < 4.78 is 47.9. The molecule has 3 rings (SSSR count). The van der Waals surface area contributed by atoms with Gasteiger partial charge in [0.15, 0.2) is 0 Å². The Morgan fingerprint density at radius 2 is 1.16 bits per heavy atom. The molecule has 0 spiro atoms. The van der Waals surface area contributed by atoms with E-state index in [-0.39, 0.29) is 19.0 Å². The number of phosphoric ester groups is 2. The first-order valence-electron chi connectivity index (χ1n) is 13.7. The molecule has 37 heavy (non-hydrogen) atoms. The molecule has 1 unspecified atom stereocenters. The van der Waals surface area contributed by atoms with Crippen molar-refractivity contribution in [3.8, 4) is 28.0 Å². The van der Waals surface area contributed by atoms with E-state index in [1.807, 2.05) is 30.3 Å². The average Bonchev–Trinajstić information content (AvgIpc) is 2.85. The second-order valence-corrected chi connectivity index (χ2v) is 12.7. The van der Waals surface area contributed by atoms with Gasteiger partial charge in [0.1, 0.15) is 5.75 Å². The summed E-state index contributed by atoms with van der Waals surface area (Å²) in [4.78, 5) is 10.6. The first-order valence-corrected chi connectivity index (χ1v) is 16.7. The third-order valence-electron chi connectivity index (χ3n) is 6.42. The largest absolute Gasteiger partial charge is 0.536 e. The van der Waals surface area contributed by atoms with Crippen molar-refractivity contribution in [2.75, 3.05) is 13.2 Å². The van der Waals surface area contributed by atoms with Crippen LogP contribution in [0.15, 0.2) is 42.5 Å². The predicted molar refractivity (Wildman–Crippen MR) is 149 cm³/mol. The highest BCUT2D eigenvalue weighted by molar-refractivity contribution is 7.61. The molecule has 0 saturated carbocycles. The van der Waals surface area contributed by atoms with Crippen LogP contribution in [-0.2, 0) is 22.5 Å². The fourth-order valence-electron chi connectivity index (χ4n) is 4.45. The van der Waals surface area contributed by atoms with Crippen molar-refractivity contribution in [3.05, 3.63) is 42.5 Å². The maximum absolute atomic E-state index is 13.4. The zero-order valence-corrected chi connectivity index (χ0v) is 24.0. The van der Waals surface area contributed by atoms with Gasteiger partial charge in [-0.2, -0.15) is 4.31 Å². The minimum atomic E-state index is -4.81. The molecule has 0 radical (unpaired) electrons. The van der Waals surface area contributed by atoms with Crippen LogP contribution in [-0.4, -0.2) is 18.1 Å². The third kappa shape index (κ3) is 9.35. The maximum Gasteiger partial charge on any atom is 0.536 e. The summed E-state index contributed by atoms with van der Waals surface area (Å²) in [6, 6.07) is 13.0. The minimum absolute atomic E-state index is 0.119. The standard InChI is InChI=1S/C28H42O7P2/c1-3-5-7-9-11-15-22-32-37(31,33-23-16-12-10-8-6-4-2)35-36(29,30)34-27-21-17-20-26-24-18-13-14-19-25(24)28(26)27/h13-14,17-21H,3-12,15-16,22-23H2,1-2H3,(H,29,30). The zero-order valence-electron chi connectivity index (χ0n) is 22.2. The molecule has 9 heteroatoms. The van der Waals surface area contributed by atoms with E-state index in [9.17, 15) is 14.0 Å². The molecule has 0 aliphatic heterocycles. The highest BCUT2D eigenvalue weighted by atomic mass is 31.3. The molecule has 2 aromatic carbocycles. The van der Waals surface area contributed by atoms with E-state index in [4.69, 9.17) is 17.9 Å². The lowest BCUT2D eigenvalue weighted by Crippen LogP contribution is -2.06. The van der Waals surface area contributed by atoms with Crippen LogP contribution < -0.4 is 4.52 Å². The van der Waals surface area contributed by atoms with Gasteiger partial charge in [-0.15, -0.1) is 0 Å². The van der Waals surface area contributed by atoms with Gasteiger partial charge in [-0.25, -0.2) is 9.13 Å². The van der Waals surface area contributed by atoms with E-state index in [0.717, 1.165) is 73.6 Å². The van der Waals surface area contributed by atoms with Crippen LogP contribution in [0.5, 0.6) is 5.75 Å². The quantitative estimate of drug-likeness (QED) is 0.110.